The number of likely N-dealkylation sites (N-methyl/N-ethyl adjacent to an activating group) is 1. The summed E-state index contributed by atoms with van der Waals surface area (Å²) in [5.74, 6) is 2.20. The van der Waals surface area contributed by atoms with Crippen molar-refractivity contribution in [1.29, 1.82) is 0 Å². The van der Waals surface area contributed by atoms with E-state index in [0.717, 1.165) is 30.2 Å². The number of amides is 2. The monoisotopic (exact) mass is 469 g/mol. The van der Waals surface area contributed by atoms with Gasteiger partial charge in [0.05, 0.1) is 5.54 Å². The van der Waals surface area contributed by atoms with E-state index in [1.165, 1.54) is 25.7 Å². The summed E-state index contributed by atoms with van der Waals surface area (Å²) in [7, 11) is 1.99. The average molecular weight is 470 g/mol. The first-order valence-corrected chi connectivity index (χ1v) is 13.4. The van der Waals surface area contributed by atoms with Gasteiger partial charge in [-0.15, -0.1) is 0 Å². The standard InChI is InChI=1S/C30H35N3O2/c1-28-13-12-26(34)32(3)25(28)9-8-21-22(28)10-14-29(2)23(21)11-15-30(29)18-33(30)27(35)24-16-19-6-4-5-7-20(19)17-31-24/h4-7,12-13,16-17,21-23,25H,8-11,14-15,18H2,1-3H3/t21-,22+,23+,25-,28-,29?,30?,33?/m1/s1. The minimum absolute atomic E-state index is 0.0000396. The molecule has 5 nitrogen and oxygen atoms in total. The van der Waals surface area contributed by atoms with Gasteiger partial charge in [-0.1, -0.05) is 44.2 Å². The molecule has 0 N–H and O–H groups in total. The molecule has 2 amide bonds. The smallest absolute Gasteiger partial charge is 0.273 e. The molecule has 3 saturated carbocycles. The number of benzene rings is 1. The van der Waals surface area contributed by atoms with Gasteiger partial charge in [-0.2, -0.15) is 0 Å². The third-order valence-electron chi connectivity index (χ3n) is 11.4. The Morgan fingerprint density at radius 2 is 1.80 bits per heavy atom. The van der Waals surface area contributed by atoms with Gasteiger partial charge in [0.1, 0.15) is 5.69 Å². The molecule has 2 aromatic rings. The van der Waals surface area contributed by atoms with Crippen LogP contribution in [0.25, 0.3) is 10.8 Å². The van der Waals surface area contributed by atoms with Crippen molar-refractivity contribution < 1.29 is 9.59 Å². The molecule has 3 aliphatic carbocycles. The zero-order valence-electron chi connectivity index (χ0n) is 21.0. The number of nitrogens with zero attached hydrogens (tertiary/aromatic N) is 3. The Bertz CT molecular complexity index is 1290. The summed E-state index contributed by atoms with van der Waals surface area (Å²) in [6.45, 7) is 5.77. The van der Waals surface area contributed by atoms with E-state index in [-0.39, 0.29) is 28.2 Å². The highest BCUT2D eigenvalue weighted by atomic mass is 16.2. The van der Waals surface area contributed by atoms with Crippen molar-refractivity contribution in [2.24, 2.45) is 28.6 Å². The maximum absolute atomic E-state index is 13.6. The SMILES string of the molecule is CN1C(=O)C=C[C@]2(C)[C@H]3CCC4(C)[C@@H](CCC45CN5C(=O)c4cc5ccccc5cn4)[C@@H]3CC[C@@H]12. The third-order valence-corrected chi connectivity index (χ3v) is 11.4. The van der Waals surface area contributed by atoms with Crippen LogP contribution in [0.1, 0.15) is 62.9 Å². The van der Waals surface area contributed by atoms with Crippen LogP contribution in [0, 0.1) is 28.6 Å². The number of carbonyl (C=O) groups is 2. The second-order valence-corrected chi connectivity index (χ2v) is 12.5. The van der Waals surface area contributed by atoms with E-state index in [1.807, 2.05) is 48.5 Å². The van der Waals surface area contributed by atoms with Crippen LogP contribution in [-0.2, 0) is 4.79 Å². The van der Waals surface area contributed by atoms with Crippen molar-refractivity contribution in [3.63, 3.8) is 0 Å². The second kappa shape index (κ2) is 6.96. The van der Waals surface area contributed by atoms with Crippen LogP contribution in [0.4, 0.5) is 0 Å². The normalized spacial score (nSPS) is 41.6. The number of hydrogen-bond acceptors (Lipinski definition) is 3. The molecular weight excluding hydrogens is 434 g/mol. The zero-order chi connectivity index (χ0) is 24.2. The van der Waals surface area contributed by atoms with E-state index in [0.29, 0.717) is 29.5 Å². The molecule has 0 radical (unpaired) electrons. The lowest BCUT2D eigenvalue weighted by molar-refractivity contribution is -0.138. The van der Waals surface area contributed by atoms with Crippen LogP contribution in [0.2, 0.25) is 0 Å². The summed E-state index contributed by atoms with van der Waals surface area (Å²) in [6, 6.07) is 10.4. The summed E-state index contributed by atoms with van der Waals surface area (Å²) in [5, 5.41) is 2.15. The lowest BCUT2D eigenvalue weighted by Crippen LogP contribution is -2.60. The largest absolute Gasteiger partial charge is 0.338 e. The van der Waals surface area contributed by atoms with E-state index >= 15 is 0 Å². The van der Waals surface area contributed by atoms with E-state index in [2.05, 4.69) is 35.9 Å². The Morgan fingerprint density at radius 3 is 2.63 bits per heavy atom. The van der Waals surface area contributed by atoms with Crippen molar-refractivity contribution in [3.8, 4) is 0 Å². The maximum atomic E-state index is 13.6. The van der Waals surface area contributed by atoms with Crippen molar-refractivity contribution in [1.82, 2.24) is 14.8 Å². The fourth-order valence-electron chi connectivity index (χ4n) is 9.38. The van der Waals surface area contributed by atoms with E-state index in [4.69, 9.17) is 0 Å². The fourth-order valence-corrected chi connectivity index (χ4v) is 9.38. The minimum atomic E-state index is -0.0000396. The van der Waals surface area contributed by atoms with Crippen molar-refractivity contribution in [2.45, 2.75) is 64.0 Å². The van der Waals surface area contributed by atoms with E-state index in [1.54, 1.807) is 0 Å². The van der Waals surface area contributed by atoms with E-state index < -0.39 is 0 Å². The Balaban J connectivity index is 1.17. The molecule has 1 saturated heterocycles. The molecule has 7 atom stereocenters. The molecule has 1 aromatic carbocycles. The van der Waals surface area contributed by atoms with Gasteiger partial charge >= 0.3 is 0 Å². The van der Waals surface area contributed by atoms with Gasteiger partial charge in [0.15, 0.2) is 0 Å². The van der Waals surface area contributed by atoms with Crippen molar-refractivity contribution >= 4 is 22.6 Å². The summed E-state index contributed by atoms with van der Waals surface area (Å²) in [5.41, 5.74) is 0.815. The highest BCUT2D eigenvalue weighted by Crippen LogP contribution is 2.71. The summed E-state index contributed by atoms with van der Waals surface area (Å²) in [4.78, 5) is 34.7. The summed E-state index contributed by atoms with van der Waals surface area (Å²) in [6.07, 6.45) is 12.9. The maximum Gasteiger partial charge on any atom is 0.273 e. The second-order valence-electron chi connectivity index (χ2n) is 12.5. The molecule has 3 heterocycles. The first-order chi connectivity index (χ1) is 16.8. The first kappa shape index (κ1) is 21.6. The number of rotatable bonds is 1. The van der Waals surface area contributed by atoms with Crippen LogP contribution in [0.15, 0.2) is 48.7 Å². The molecule has 35 heavy (non-hydrogen) atoms. The van der Waals surface area contributed by atoms with Gasteiger partial charge in [0, 0.05) is 36.6 Å². The first-order valence-electron chi connectivity index (χ1n) is 13.4. The molecule has 2 unspecified atom stereocenters. The molecule has 4 fully saturated rings. The number of hydrogen-bond donors (Lipinski definition) is 0. The molecule has 7 rings (SSSR count). The van der Waals surface area contributed by atoms with E-state index in [9.17, 15) is 9.59 Å². The van der Waals surface area contributed by atoms with Gasteiger partial charge in [0.25, 0.3) is 5.91 Å². The molecule has 5 heteroatoms. The lowest BCUT2D eigenvalue weighted by atomic mass is 9.47. The van der Waals surface area contributed by atoms with Crippen LogP contribution < -0.4 is 0 Å². The topological polar surface area (TPSA) is 53.3 Å². The Morgan fingerprint density at radius 1 is 1.03 bits per heavy atom. The van der Waals surface area contributed by atoms with Gasteiger partial charge in [-0.25, -0.2) is 0 Å². The van der Waals surface area contributed by atoms with Gasteiger partial charge in [0.2, 0.25) is 5.91 Å². The van der Waals surface area contributed by atoms with Crippen molar-refractivity contribution in [3.05, 3.63) is 54.4 Å². The number of pyridine rings is 1. The van der Waals surface area contributed by atoms with Gasteiger partial charge in [-0.3, -0.25) is 14.6 Å². The molecule has 182 valence electrons. The predicted molar refractivity (Wildman–Crippen MR) is 136 cm³/mol. The third kappa shape index (κ3) is 2.67. The molecule has 2 aliphatic heterocycles. The molecule has 1 aromatic heterocycles. The number of fused-ring (bicyclic) bond motifs is 7. The van der Waals surface area contributed by atoms with Crippen LogP contribution in [-0.4, -0.2) is 51.8 Å². The summed E-state index contributed by atoms with van der Waals surface area (Å²) < 4.78 is 0. The van der Waals surface area contributed by atoms with Crippen LogP contribution in [0.5, 0.6) is 0 Å². The predicted octanol–water partition coefficient (Wildman–Crippen LogP) is 5.07. The highest BCUT2D eigenvalue weighted by Gasteiger charge is 2.73. The zero-order valence-corrected chi connectivity index (χ0v) is 21.0. The van der Waals surface area contributed by atoms with Gasteiger partial charge in [-0.05, 0) is 79.2 Å². The van der Waals surface area contributed by atoms with Crippen LogP contribution >= 0.6 is 0 Å². The van der Waals surface area contributed by atoms with Crippen LogP contribution in [0.3, 0.4) is 0 Å². The minimum Gasteiger partial charge on any atom is -0.338 e. The van der Waals surface area contributed by atoms with Gasteiger partial charge < -0.3 is 9.80 Å². The number of aromatic nitrogens is 1. The molecule has 0 bridgehead atoms. The Hall–Kier alpha value is -2.69. The molecule has 5 aliphatic rings. The highest BCUT2D eigenvalue weighted by molar-refractivity contribution is 5.98. The molecular formula is C30H35N3O2. The Labute approximate surface area is 207 Å². The lowest BCUT2D eigenvalue weighted by Gasteiger charge is -2.60. The summed E-state index contributed by atoms with van der Waals surface area (Å²) >= 11 is 0. The fraction of sp³-hybridized carbons (Fsp3) is 0.567. The average Bonchev–Trinajstić information content (AvgIpc) is 3.53. The molecule has 1 spiro atoms. The Kier molecular flexibility index (Phi) is 4.29. The quantitative estimate of drug-likeness (QED) is 0.548. The number of carbonyl (C=O) groups excluding carboxylic acids is 2. The van der Waals surface area contributed by atoms with Crippen molar-refractivity contribution in [2.75, 3.05) is 13.6 Å².